The lowest BCUT2D eigenvalue weighted by Gasteiger charge is -2.28. The Labute approximate surface area is 186 Å². The fraction of sp³-hybridized carbons (Fsp3) is 0.292. The Morgan fingerprint density at radius 3 is 2.65 bits per heavy atom. The number of aromatic nitrogens is 1. The first-order valence-electron chi connectivity index (χ1n) is 10.3. The molecular formula is C24H24N4O2S. The molecule has 0 radical (unpaired) electrons. The average molecular weight is 433 g/mol. The van der Waals surface area contributed by atoms with Crippen LogP contribution in [0.3, 0.4) is 0 Å². The van der Waals surface area contributed by atoms with Crippen molar-refractivity contribution in [3.63, 3.8) is 0 Å². The van der Waals surface area contributed by atoms with Crippen LogP contribution >= 0.6 is 11.8 Å². The smallest absolute Gasteiger partial charge is 0.234 e. The highest BCUT2D eigenvalue weighted by molar-refractivity contribution is 8.00. The van der Waals surface area contributed by atoms with E-state index in [2.05, 4.69) is 33.4 Å². The molecule has 1 aliphatic heterocycles. The Kier molecular flexibility index (Phi) is 6.58. The Bertz CT molecular complexity index is 1120. The van der Waals surface area contributed by atoms with E-state index in [1.807, 2.05) is 30.3 Å². The zero-order chi connectivity index (χ0) is 21.6. The zero-order valence-corrected chi connectivity index (χ0v) is 18.2. The van der Waals surface area contributed by atoms with E-state index in [9.17, 15) is 10.1 Å². The van der Waals surface area contributed by atoms with Crippen LogP contribution in [0.1, 0.15) is 24.8 Å². The molecule has 6 nitrogen and oxygen atoms in total. The molecule has 1 aromatic heterocycles. The van der Waals surface area contributed by atoms with E-state index in [1.54, 1.807) is 13.2 Å². The number of rotatable bonds is 6. The quantitative estimate of drug-likeness (QED) is 0.562. The van der Waals surface area contributed by atoms with Crippen molar-refractivity contribution < 1.29 is 9.53 Å². The van der Waals surface area contributed by atoms with Crippen LogP contribution in [0.2, 0.25) is 0 Å². The van der Waals surface area contributed by atoms with Gasteiger partial charge in [0.15, 0.2) is 0 Å². The molecule has 0 atom stereocenters. The average Bonchev–Trinajstić information content (AvgIpc) is 2.82. The SMILES string of the molecule is COc1ccc2cc(C#N)c(SCC(=O)Nc3ccc(N4CCCCC4)cc3)nc2c1. The highest BCUT2D eigenvalue weighted by atomic mass is 32.2. The summed E-state index contributed by atoms with van der Waals surface area (Å²) in [6.07, 6.45) is 3.77. The van der Waals surface area contributed by atoms with Crippen molar-refractivity contribution in [3.05, 3.63) is 54.1 Å². The summed E-state index contributed by atoms with van der Waals surface area (Å²) in [4.78, 5) is 19.4. The fourth-order valence-corrected chi connectivity index (χ4v) is 4.45. The molecule has 0 bridgehead atoms. The third-order valence-electron chi connectivity index (χ3n) is 5.32. The summed E-state index contributed by atoms with van der Waals surface area (Å²) in [5, 5.41) is 13.8. The number of hydrogen-bond donors (Lipinski definition) is 1. The maximum absolute atomic E-state index is 12.5. The van der Waals surface area contributed by atoms with E-state index in [1.165, 1.54) is 36.7 Å². The second-order valence-electron chi connectivity index (χ2n) is 7.44. The van der Waals surface area contributed by atoms with Gasteiger partial charge in [0.05, 0.1) is 23.9 Å². The van der Waals surface area contributed by atoms with E-state index >= 15 is 0 Å². The number of fused-ring (bicyclic) bond motifs is 1. The van der Waals surface area contributed by atoms with Crippen molar-refractivity contribution in [1.82, 2.24) is 4.98 Å². The number of thioether (sulfide) groups is 1. The topological polar surface area (TPSA) is 78.2 Å². The summed E-state index contributed by atoms with van der Waals surface area (Å²) in [6, 6.07) is 17.5. The molecule has 1 N–H and O–H groups in total. The van der Waals surface area contributed by atoms with Gasteiger partial charge in [-0.25, -0.2) is 4.98 Å². The van der Waals surface area contributed by atoms with E-state index in [0.717, 1.165) is 29.7 Å². The third kappa shape index (κ3) is 5.09. The molecule has 3 aromatic rings. The van der Waals surface area contributed by atoms with Crippen LogP contribution in [0, 0.1) is 11.3 Å². The van der Waals surface area contributed by atoms with Gasteiger partial charge in [0, 0.05) is 35.9 Å². The van der Waals surface area contributed by atoms with Gasteiger partial charge in [0.2, 0.25) is 5.91 Å². The van der Waals surface area contributed by atoms with Gasteiger partial charge in [-0.3, -0.25) is 4.79 Å². The molecular weight excluding hydrogens is 408 g/mol. The molecule has 2 aromatic carbocycles. The molecule has 0 unspecified atom stereocenters. The number of amides is 1. The van der Waals surface area contributed by atoms with Crippen LogP contribution in [0.4, 0.5) is 11.4 Å². The predicted molar refractivity (Wildman–Crippen MR) is 125 cm³/mol. The second kappa shape index (κ2) is 9.71. The summed E-state index contributed by atoms with van der Waals surface area (Å²) in [7, 11) is 1.60. The molecule has 1 fully saturated rings. The molecule has 2 heterocycles. The van der Waals surface area contributed by atoms with Crippen molar-refractivity contribution in [2.24, 2.45) is 0 Å². The van der Waals surface area contributed by atoms with Gasteiger partial charge in [-0.2, -0.15) is 5.26 Å². The Morgan fingerprint density at radius 1 is 1.16 bits per heavy atom. The van der Waals surface area contributed by atoms with Gasteiger partial charge in [0.1, 0.15) is 16.8 Å². The van der Waals surface area contributed by atoms with Crippen LogP contribution in [-0.4, -0.2) is 36.8 Å². The molecule has 0 aliphatic carbocycles. The minimum absolute atomic E-state index is 0.132. The van der Waals surface area contributed by atoms with Gasteiger partial charge < -0.3 is 15.0 Å². The Balaban J connectivity index is 1.40. The first-order valence-corrected chi connectivity index (χ1v) is 11.3. The van der Waals surface area contributed by atoms with Crippen LogP contribution in [-0.2, 0) is 4.79 Å². The van der Waals surface area contributed by atoms with Crippen molar-refractivity contribution in [2.45, 2.75) is 24.3 Å². The highest BCUT2D eigenvalue weighted by Gasteiger charge is 2.13. The van der Waals surface area contributed by atoms with Gasteiger partial charge >= 0.3 is 0 Å². The fourth-order valence-electron chi connectivity index (χ4n) is 3.68. The summed E-state index contributed by atoms with van der Waals surface area (Å²) >= 11 is 1.26. The number of hydrogen-bond acceptors (Lipinski definition) is 6. The lowest BCUT2D eigenvalue weighted by Crippen LogP contribution is -2.29. The number of nitrogens with zero attached hydrogens (tertiary/aromatic N) is 3. The normalized spacial score (nSPS) is 13.6. The lowest BCUT2D eigenvalue weighted by atomic mass is 10.1. The summed E-state index contributed by atoms with van der Waals surface area (Å²) in [5.74, 6) is 0.740. The first kappa shape index (κ1) is 21.0. The maximum Gasteiger partial charge on any atom is 0.234 e. The largest absolute Gasteiger partial charge is 0.497 e. The molecule has 1 saturated heterocycles. The van der Waals surface area contributed by atoms with Crippen molar-refractivity contribution >= 4 is 39.9 Å². The van der Waals surface area contributed by atoms with E-state index in [-0.39, 0.29) is 11.7 Å². The van der Waals surface area contributed by atoms with Crippen molar-refractivity contribution in [3.8, 4) is 11.8 Å². The van der Waals surface area contributed by atoms with Gasteiger partial charge in [-0.1, -0.05) is 11.8 Å². The molecule has 1 aliphatic rings. The number of anilines is 2. The number of pyridine rings is 1. The van der Waals surface area contributed by atoms with Gasteiger partial charge in [-0.15, -0.1) is 0 Å². The minimum atomic E-state index is -0.132. The molecule has 7 heteroatoms. The van der Waals surface area contributed by atoms with E-state index < -0.39 is 0 Å². The lowest BCUT2D eigenvalue weighted by molar-refractivity contribution is -0.113. The van der Waals surface area contributed by atoms with Gasteiger partial charge in [0.25, 0.3) is 0 Å². The Morgan fingerprint density at radius 2 is 1.94 bits per heavy atom. The number of carbonyl (C=O) groups excluding carboxylic acids is 1. The van der Waals surface area contributed by atoms with Crippen LogP contribution in [0.15, 0.2) is 53.6 Å². The van der Waals surface area contributed by atoms with E-state index in [4.69, 9.17) is 4.74 Å². The maximum atomic E-state index is 12.5. The summed E-state index contributed by atoms with van der Waals surface area (Å²) < 4.78 is 5.25. The highest BCUT2D eigenvalue weighted by Crippen LogP contribution is 2.27. The number of nitriles is 1. The predicted octanol–water partition coefficient (Wildman–Crippen LogP) is 4.84. The van der Waals surface area contributed by atoms with Crippen molar-refractivity contribution in [1.29, 1.82) is 5.26 Å². The monoisotopic (exact) mass is 432 g/mol. The third-order valence-corrected chi connectivity index (χ3v) is 6.31. The summed E-state index contributed by atoms with van der Waals surface area (Å²) in [5.41, 5.74) is 3.15. The summed E-state index contributed by atoms with van der Waals surface area (Å²) in [6.45, 7) is 2.18. The number of carbonyl (C=O) groups is 1. The Hall–Kier alpha value is -3.24. The number of ether oxygens (including phenoxy) is 1. The molecule has 0 saturated carbocycles. The minimum Gasteiger partial charge on any atom is -0.497 e. The first-order chi connectivity index (χ1) is 15.2. The molecule has 158 valence electrons. The number of nitrogens with one attached hydrogen (secondary N) is 1. The number of benzene rings is 2. The molecule has 0 spiro atoms. The molecule has 4 rings (SSSR count). The number of methoxy groups -OCH3 is 1. The second-order valence-corrected chi connectivity index (χ2v) is 8.41. The number of piperidine rings is 1. The van der Waals surface area contributed by atoms with E-state index in [0.29, 0.717) is 16.3 Å². The standard InChI is InChI=1S/C24H24N4O2S/c1-30-21-10-5-17-13-18(15-25)24(27-22(17)14-21)31-16-23(29)26-19-6-8-20(9-7-19)28-11-3-2-4-12-28/h5-10,13-14H,2-4,11-12,16H2,1H3,(H,26,29). The molecule has 31 heavy (non-hydrogen) atoms. The molecule has 1 amide bonds. The van der Waals surface area contributed by atoms with Crippen molar-refractivity contribution in [2.75, 3.05) is 36.2 Å². The van der Waals surface area contributed by atoms with Crippen LogP contribution in [0.5, 0.6) is 5.75 Å². The van der Waals surface area contributed by atoms with Gasteiger partial charge in [-0.05, 0) is 61.7 Å². The van der Waals surface area contributed by atoms with Crippen LogP contribution in [0.25, 0.3) is 10.9 Å². The van der Waals surface area contributed by atoms with Crippen LogP contribution < -0.4 is 15.0 Å². The zero-order valence-electron chi connectivity index (χ0n) is 17.4.